The minimum atomic E-state index is -0.753. The first kappa shape index (κ1) is 17.4. The normalized spacial score (nSPS) is 17.7. The standard InChI is InChI=1S/C16H23N3O4/c1-12(20)17(2)14-6-8-18(9-7-14)11-16(21)13-4-3-5-15(10-13)19(22)23/h3-5,10,14,16,21H,6-9,11H2,1-2H3. The van der Waals surface area contributed by atoms with Gasteiger partial charge in [-0.05, 0) is 18.4 Å². The van der Waals surface area contributed by atoms with E-state index < -0.39 is 11.0 Å². The molecule has 0 aromatic heterocycles. The third-order valence-electron chi connectivity index (χ3n) is 4.50. The van der Waals surface area contributed by atoms with E-state index in [9.17, 15) is 20.0 Å². The highest BCUT2D eigenvalue weighted by Crippen LogP contribution is 2.22. The van der Waals surface area contributed by atoms with E-state index in [1.165, 1.54) is 12.1 Å². The first-order chi connectivity index (χ1) is 10.9. The molecule has 1 aliphatic heterocycles. The number of hydrogen-bond donors (Lipinski definition) is 1. The Hall–Kier alpha value is -1.99. The average molecular weight is 321 g/mol. The summed E-state index contributed by atoms with van der Waals surface area (Å²) < 4.78 is 0. The molecular formula is C16H23N3O4. The fourth-order valence-corrected chi connectivity index (χ4v) is 2.94. The molecule has 0 bridgehead atoms. The second kappa shape index (κ2) is 7.52. The molecule has 1 amide bonds. The number of β-amino-alcohol motifs (C(OH)–C–C–N with tert-alkyl or cyclic N) is 1. The van der Waals surface area contributed by atoms with Crippen molar-refractivity contribution >= 4 is 11.6 Å². The predicted octanol–water partition coefficient (Wildman–Crippen LogP) is 1.57. The summed E-state index contributed by atoms with van der Waals surface area (Å²) in [6.07, 6.45) is 0.993. The molecule has 1 N–H and O–H groups in total. The number of rotatable bonds is 5. The van der Waals surface area contributed by atoms with Crippen LogP contribution in [0.3, 0.4) is 0 Å². The highest BCUT2D eigenvalue weighted by molar-refractivity contribution is 5.73. The molecular weight excluding hydrogens is 298 g/mol. The molecule has 1 saturated heterocycles. The maximum Gasteiger partial charge on any atom is 0.269 e. The lowest BCUT2D eigenvalue weighted by atomic mass is 10.0. The summed E-state index contributed by atoms with van der Waals surface area (Å²) in [6, 6.07) is 6.37. The van der Waals surface area contributed by atoms with E-state index in [2.05, 4.69) is 4.90 Å². The summed E-state index contributed by atoms with van der Waals surface area (Å²) in [5.74, 6) is 0.0695. The Bertz CT molecular complexity index is 570. The number of nitrogens with zero attached hydrogens (tertiary/aromatic N) is 3. The van der Waals surface area contributed by atoms with Crippen molar-refractivity contribution in [1.29, 1.82) is 0 Å². The number of nitro groups is 1. The van der Waals surface area contributed by atoms with E-state index >= 15 is 0 Å². The topological polar surface area (TPSA) is 86.9 Å². The van der Waals surface area contributed by atoms with Crippen molar-refractivity contribution in [1.82, 2.24) is 9.80 Å². The first-order valence-electron chi connectivity index (χ1n) is 7.76. The Balaban J connectivity index is 1.90. The molecule has 1 fully saturated rings. The van der Waals surface area contributed by atoms with Gasteiger partial charge in [0.05, 0.1) is 11.0 Å². The number of hydrogen-bond acceptors (Lipinski definition) is 5. The van der Waals surface area contributed by atoms with Crippen LogP contribution in [0.15, 0.2) is 24.3 Å². The van der Waals surface area contributed by atoms with E-state index in [4.69, 9.17) is 0 Å². The van der Waals surface area contributed by atoms with Crippen molar-refractivity contribution in [2.75, 3.05) is 26.7 Å². The minimum absolute atomic E-state index is 0.0108. The van der Waals surface area contributed by atoms with E-state index in [1.54, 1.807) is 24.0 Å². The smallest absolute Gasteiger partial charge is 0.269 e. The first-order valence-corrected chi connectivity index (χ1v) is 7.76. The molecule has 0 radical (unpaired) electrons. The quantitative estimate of drug-likeness (QED) is 0.657. The summed E-state index contributed by atoms with van der Waals surface area (Å²) in [5.41, 5.74) is 0.547. The van der Waals surface area contributed by atoms with Crippen LogP contribution >= 0.6 is 0 Å². The molecule has 7 heteroatoms. The van der Waals surface area contributed by atoms with Crippen LogP contribution in [0, 0.1) is 10.1 Å². The summed E-state index contributed by atoms with van der Waals surface area (Å²) >= 11 is 0. The van der Waals surface area contributed by atoms with Crippen LogP contribution in [0.1, 0.15) is 31.4 Å². The lowest BCUT2D eigenvalue weighted by molar-refractivity contribution is -0.385. The predicted molar refractivity (Wildman–Crippen MR) is 86.0 cm³/mol. The van der Waals surface area contributed by atoms with Crippen molar-refractivity contribution in [3.05, 3.63) is 39.9 Å². The lowest BCUT2D eigenvalue weighted by Crippen LogP contribution is -2.45. The van der Waals surface area contributed by atoms with Gasteiger partial charge in [-0.15, -0.1) is 0 Å². The molecule has 1 aliphatic rings. The number of aliphatic hydroxyl groups excluding tert-OH is 1. The molecule has 1 aromatic rings. The Kier molecular flexibility index (Phi) is 5.68. The van der Waals surface area contributed by atoms with Crippen molar-refractivity contribution in [3.63, 3.8) is 0 Å². The monoisotopic (exact) mass is 321 g/mol. The van der Waals surface area contributed by atoms with Crippen molar-refractivity contribution in [2.45, 2.75) is 31.9 Å². The van der Waals surface area contributed by atoms with Gasteiger partial charge in [0.25, 0.3) is 5.69 Å². The molecule has 2 rings (SSSR count). The fraction of sp³-hybridized carbons (Fsp3) is 0.562. The van der Waals surface area contributed by atoms with Gasteiger partial charge < -0.3 is 14.9 Å². The largest absolute Gasteiger partial charge is 0.387 e. The maximum absolute atomic E-state index is 11.4. The average Bonchev–Trinajstić information content (AvgIpc) is 2.54. The number of amides is 1. The Morgan fingerprint density at radius 1 is 1.48 bits per heavy atom. The number of carbonyl (C=O) groups excluding carboxylic acids is 1. The molecule has 7 nitrogen and oxygen atoms in total. The van der Waals surface area contributed by atoms with Gasteiger partial charge in [0, 0.05) is 51.8 Å². The van der Waals surface area contributed by atoms with Crippen LogP contribution in [-0.4, -0.2) is 58.5 Å². The zero-order valence-electron chi connectivity index (χ0n) is 13.5. The summed E-state index contributed by atoms with van der Waals surface area (Å²) in [6.45, 7) is 3.61. The van der Waals surface area contributed by atoms with Gasteiger partial charge >= 0.3 is 0 Å². The zero-order chi connectivity index (χ0) is 17.0. The Morgan fingerprint density at radius 2 is 2.13 bits per heavy atom. The number of nitro benzene ring substituents is 1. The van der Waals surface area contributed by atoms with E-state index in [-0.39, 0.29) is 17.6 Å². The molecule has 126 valence electrons. The second-order valence-electron chi connectivity index (χ2n) is 6.03. The molecule has 0 saturated carbocycles. The van der Waals surface area contributed by atoms with Gasteiger partial charge in [0.1, 0.15) is 0 Å². The number of aliphatic hydroxyl groups is 1. The number of benzene rings is 1. The molecule has 23 heavy (non-hydrogen) atoms. The van der Waals surface area contributed by atoms with E-state index in [0.29, 0.717) is 12.1 Å². The van der Waals surface area contributed by atoms with Crippen molar-refractivity contribution in [3.8, 4) is 0 Å². The van der Waals surface area contributed by atoms with Crippen LogP contribution in [-0.2, 0) is 4.79 Å². The second-order valence-corrected chi connectivity index (χ2v) is 6.03. The highest BCUT2D eigenvalue weighted by Gasteiger charge is 2.25. The van der Waals surface area contributed by atoms with Gasteiger partial charge in [-0.1, -0.05) is 12.1 Å². The molecule has 1 unspecified atom stereocenters. The van der Waals surface area contributed by atoms with Crippen molar-refractivity contribution < 1.29 is 14.8 Å². The van der Waals surface area contributed by atoms with Crippen molar-refractivity contribution in [2.24, 2.45) is 0 Å². The third kappa shape index (κ3) is 4.49. The number of likely N-dealkylation sites (tertiary alicyclic amines) is 1. The molecule has 1 heterocycles. The van der Waals surface area contributed by atoms with Crippen LogP contribution in [0.5, 0.6) is 0 Å². The molecule has 1 atom stereocenters. The molecule has 0 spiro atoms. The van der Waals surface area contributed by atoms with E-state index in [0.717, 1.165) is 25.9 Å². The van der Waals surface area contributed by atoms with Crippen LogP contribution < -0.4 is 0 Å². The van der Waals surface area contributed by atoms with E-state index in [1.807, 2.05) is 7.05 Å². The maximum atomic E-state index is 11.4. The van der Waals surface area contributed by atoms with Gasteiger partial charge in [-0.2, -0.15) is 0 Å². The molecule has 0 aliphatic carbocycles. The lowest BCUT2D eigenvalue weighted by Gasteiger charge is -2.37. The summed E-state index contributed by atoms with van der Waals surface area (Å²) in [4.78, 5) is 25.6. The fourth-order valence-electron chi connectivity index (χ4n) is 2.94. The Morgan fingerprint density at radius 3 is 2.70 bits per heavy atom. The van der Waals surface area contributed by atoms with Gasteiger partial charge in [-0.3, -0.25) is 14.9 Å². The highest BCUT2D eigenvalue weighted by atomic mass is 16.6. The zero-order valence-corrected chi connectivity index (χ0v) is 13.5. The van der Waals surface area contributed by atoms with Crippen LogP contribution in [0.2, 0.25) is 0 Å². The van der Waals surface area contributed by atoms with Gasteiger partial charge in [0.2, 0.25) is 5.91 Å². The number of non-ortho nitro benzene ring substituents is 1. The molecule has 1 aromatic carbocycles. The third-order valence-corrected chi connectivity index (χ3v) is 4.50. The van der Waals surface area contributed by atoms with Crippen LogP contribution in [0.4, 0.5) is 5.69 Å². The number of carbonyl (C=O) groups is 1. The minimum Gasteiger partial charge on any atom is -0.387 e. The van der Waals surface area contributed by atoms with Crippen LogP contribution in [0.25, 0.3) is 0 Å². The SMILES string of the molecule is CC(=O)N(C)C1CCN(CC(O)c2cccc([N+](=O)[O-])c2)CC1. The number of piperidine rings is 1. The summed E-state index contributed by atoms with van der Waals surface area (Å²) in [5, 5.41) is 21.1. The summed E-state index contributed by atoms with van der Waals surface area (Å²) in [7, 11) is 1.82. The van der Waals surface area contributed by atoms with Gasteiger partial charge in [-0.25, -0.2) is 0 Å². The Labute approximate surface area is 135 Å². The van der Waals surface area contributed by atoms with Gasteiger partial charge in [0.15, 0.2) is 0 Å².